The molecule has 0 bridgehead atoms. The Morgan fingerprint density at radius 3 is 1.18 bits per heavy atom. The molecule has 0 radical (unpaired) electrons. The molecule has 0 fully saturated rings. The van der Waals surface area contributed by atoms with Gasteiger partial charge in [-0.25, -0.2) is 14.4 Å². The zero-order chi connectivity index (χ0) is 98.8. The average Bonchev–Trinajstić information content (AvgIpc) is 0.918. The van der Waals surface area contributed by atoms with Crippen LogP contribution in [0.2, 0.25) is 0 Å². The van der Waals surface area contributed by atoms with Gasteiger partial charge in [-0.3, -0.25) is 4.79 Å². The molecule has 0 amide bonds. The number of rotatable bonds is 27. The molecule has 31 heteroatoms. The van der Waals surface area contributed by atoms with Crippen molar-refractivity contribution in [2.24, 2.45) is 23.7 Å². The van der Waals surface area contributed by atoms with E-state index in [1.54, 1.807) is 209 Å². The molecule has 134 heavy (non-hydrogen) atoms. The first kappa shape index (κ1) is 112. The van der Waals surface area contributed by atoms with Gasteiger partial charge >= 0.3 is 16.9 Å². The van der Waals surface area contributed by atoms with E-state index >= 15 is 0 Å². The number of hydrogen-bond donors (Lipinski definition) is 9. The van der Waals surface area contributed by atoms with Crippen LogP contribution in [0.5, 0.6) is 86.2 Å². The van der Waals surface area contributed by atoms with Crippen LogP contribution in [0, 0.1) is 44.4 Å². The second kappa shape index (κ2) is 60.6. The van der Waals surface area contributed by atoms with Crippen LogP contribution in [0.4, 0.5) is 0 Å². The minimum atomic E-state index is -0.363. The fourth-order valence-electron chi connectivity index (χ4n) is 12.3. The molecule has 9 N–H and O–H groups in total. The SMILES string of the molecule is CC1COc2cccc(O)c2C1.CCC(C)I.COCOc1cccc(O)c1/C=C(/C)CO.COCOc1cccc(O)c1CC(C)CO.COCOc1cccc(O)c1CC(C)CO.COCOc1cccc2c1CC(C)CO2.COCOc1cccc2oc(=O)c(C)cc12.COc1cccc(O)c1C=O.COc1cccc2oc(=O)c(C)cc12.Cc1cc2c(O)cccc2oc1=O. The maximum atomic E-state index is 11.3. The predicted molar refractivity (Wildman–Crippen MR) is 522 cm³/mol. The summed E-state index contributed by atoms with van der Waals surface area (Å²) in [6.07, 6.45) is 6.61. The summed E-state index contributed by atoms with van der Waals surface area (Å²) in [5, 5.41) is 86.3. The number of halogens is 1. The standard InChI is InChI=1S/C12H12O4.2C12H18O4.C12H16O4.C12H16O3.C11H10O3.C10H8O3.C10H12O2.C8H8O3.C4H9I/c1-8-6-9-10(15-7-14-2)4-3-5-11(9)16-12(8)13;3*1-9(7-13)6-10-11(14)4-3-5-12(10)16-8-15-2;1-9-6-10-11(14-7-9)4-3-5-12(10)15-8-13-2;1-7-6-8-9(13-2)4-3-5-10(8)14-11(7)12;1-6-5-7-8(11)3-2-4-9(7)13-10(6)12;1-7-5-8-9(11)3-2-4-10(8)12-6-7;1-11-8-4-2-3-7(10)6(8)5-9;1-3-4(2)5/h3-6H,7H2,1-2H3;2*3-5,9,13-14H,6-8H2,1-2H3;3-6,13-14H,7-8H2,1-2H3;3-5,9H,6-8H2,1-2H3;3-6H,1-2H3;2-5,11H,1H3;2-4,7,11H,5-6H2,1H3;2-5,10H,1H3;4H,3H2,1-2H3/b;;;9-6-;;;;;;. The summed E-state index contributed by atoms with van der Waals surface area (Å²) in [5.74, 6) is 8.27. The van der Waals surface area contributed by atoms with Gasteiger partial charge in [0, 0.05) is 91.6 Å². The van der Waals surface area contributed by atoms with Gasteiger partial charge in [-0.15, -0.1) is 0 Å². The van der Waals surface area contributed by atoms with Crippen LogP contribution in [-0.2, 0) is 49.4 Å². The summed E-state index contributed by atoms with van der Waals surface area (Å²) < 4.78 is 88.2. The molecule has 5 unspecified atom stereocenters. The Labute approximate surface area is 794 Å². The van der Waals surface area contributed by atoms with Crippen LogP contribution in [0.3, 0.4) is 0 Å². The van der Waals surface area contributed by atoms with Crippen molar-refractivity contribution in [1.29, 1.82) is 0 Å². The molecule has 2 aliphatic heterocycles. The second-order valence-electron chi connectivity index (χ2n) is 30.9. The molecule has 3 aromatic heterocycles. The first-order valence-corrected chi connectivity index (χ1v) is 44.1. The molecule has 0 spiro atoms. The highest BCUT2D eigenvalue weighted by molar-refractivity contribution is 14.1. The van der Waals surface area contributed by atoms with Crippen LogP contribution in [0.1, 0.15) is 110 Å². The number of aliphatic hydroxyl groups excluding tert-OH is 3. The highest BCUT2D eigenvalue weighted by Gasteiger charge is 2.22. The van der Waals surface area contributed by atoms with Gasteiger partial charge < -0.3 is 126 Å². The average molecular weight is 1970 g/mol. The number of hydrogen-bond acceptors (Lipinski definition) is 30. The lowest BCUT2D eigenvalue weighted by Crippen LogP contribution is -2.19. The number of fused-ring (bicyclic) bond motifs is 5. The van der Waals surface area contributed by atoms with E-state index in [1.165, 1.54) is 26.7 Å². The largest absolute Gasteiger partial charge is 0.508 e. The van der Waals surface area contributed by atoms with Gasteiger partial charge in [0.1, 0.15) is 103 Å². The van der Waals surface area contributed by atoms with Crippen molar-refractivity contribution in [2.75, 3.05) is 117 Å². The zero-order valence-corrected chi connectivity index (χ0v) is 81.1. The number of methoxy groups -OCH3 is 7. The van der Waals surface area contributed by atoms with Crippen LogP contribution >= 0.6 is 22.6 Å². The Hall–Kier alpha value is -12.6. The van der Waals surface area contributed by atoms with Crippen LogP contribution in [0.25, 0.3) is 39.0 Å². The van der Waals surface area contributed by atoms with Gasteiger partial charge in [-0.1, -0.05) is 119 Å². The van der Waals surface area contributed by atoms with Crippen molar-refractivity contribution in [3.63, 3.8) is 0 Å². The van der Waals surface area contributed by atoms with Crippen molar-refractivity contribution in [2.45, 2.75) is 105 Å². The van der Waals surface area contributed by atoms with E-state index in [9.17, 15) is 44.7 Å². The number of phenolic OH excluding ortho intramolecular Hbond substituents is 6. The number of benzene rings is 9. The van der Waals surface area contributed by atoms with Gasteiger partial charge in [-0.2, -0.15) is 0 Å². The van der Waals surface area contributed by atoms with Crippen LogP contribution in [-0.4, -0.2) is 173 Å². The molecule has 0 saturated heterocycles. The Balaban J connectivity index is 0.000000265. The number of aliphatic hydroxyl groups is 3. The highest BCUT2D eigenvalue weighted by Crippen LogP contribution is 2.38. The third kappa shape index (κ3) is 36.8. The molecule has 0 saturated carbocycles. The molecule has 5 heterocycles. The third-order valence-electron chi connectivity index (χ3n) is 19.6. The van der Waals surface area contributed by atoms with E-state index in [0.717, 1.165) is 74.7 Å². The Kier molecular flexibility index (Phi) is 50.6. The lowest BCUT2D eigenvalue weighted by atomic mass is 9.98. The van der Waals surface area contributed by atoms with Crippen molar-refractivity contribution in [3.05, 3.63) is 269 Å². The van der Waals surface area contributed by atoms with Gasteiger partial charge in [0.05, 0.1) is 61.3 Å². The second-order valence-corrected chi connectivity index (χ2v) is 33.0. The molecule has 12 aromatic rings. The fourth-order valence-corrected chi connectivity index (χ4v) is 12.3. The summed E-state index contributed by atoms with van der Waals surface area (Å²) in [6.45, 7) is 21.9. The number of aromatic hydroxyl groups is 6. The fraction of sp³-hybridized carbons (Fsp3) is 0.359. The van der Waals surface area contributed by atoms with Crippen LogP contribution < -0.4 is 59.5 Å². The lowest BCUT2D eigenvalue weighted by molar-refractivity contribution is 0.0494. The topological polar surface area (TPSA) is 419 Å². The molecule has 14 rings (SSSR count). The van der Waals surface area contributed by atoms with Gasteiger partial charge in [-0.05, 0) is 223 Å². The summed E-state index contributed by atoms with van der Waals surface area (Å²) in [7, 11) is 10.8. The zero-order valence-electron chi connectivity index (χ0n) is 78.9. The maximum Gasteiger partial charge on any atom is 0.339 e. The third-order valence-corrected chi connectivity index (χ3v) is 20.4. The number of carbonyl (C=O) groups is 1. The summed E-state index contributed by atoms with van der Waals surface area (Å²) in [6, 6.07) is 51.8. The Morgan fingerprint density at radius 2 is 0.746 bits per heavy atom. The summed E-state index contributed by atoms with van der Waals surface area (Å²) in [4.78, 5) is 44.0. The van der Waals surface area contributed by atoms with Crippen molar-refractivity contribution >= 4 is 67.9 Å². The molecule has 5 atom stereocenters. The lowest BCUT2D eigenvalue weighted by Gasteiger charge is -2.24. The van der Waals surface area contributed by atoms with Crippen molar-refractivity contribution in [1.82, 2.24) is 0 Å². The van der Waals surface area contributed by atoms with E-state index in [0.29, 0.717) is 127 Å². The minimum Gasteiger partial charge on any atom is -0.508 e. The summed E-state index contributed by atoms with van der Waals surface area (Å²) in [5.41, 5.74) is 7.15. The quantitative estimate of drug-likeness (QED) is 0.00759. The van der Waals surface area contributed by atoms with Crippen molar-refractivity contribution in [3.8, 4) is 86.2 Å². The first-order chi connectivity index (χ1) is 64.3. The molecule has 2 aliphatic rings. The smallest absolute Gasteiger partial charge is 0.339 e. The highest BCUT2D eigenvalue weighted by atomic mass is 127. The normalized spacial score (nSPS) is 13.1. The van der Waals surface area contributed by atoms with E-state index in [2.05, 4.69) is 50.3 Å². The first-order valence-electron chi connectivity index (χ1n) is 42.8. The van der Waals surface area contributed by atoms with E-state index in [-0.39, 0.29) is 117 Å². The van der Waals surface area contributed by atoms with E-state index in [4.69, 9.17) is 100.0 Å². The van der Waals surface area contributed by atoms with E-state index < -0.39 is 0 Å². The monoisotopic (exact) mass is 1970 g/mol. The number of carbonyl (C=O) groups excluding carboxylic acids is 1. The maximum absolute atomic E-state index is 11.3. The van der Waals surface area contributed by atoms with Gasteiger partial charge in [0.15, 0.2) is 40.3 Å². The van der Waals surface area contributed by atoms with Crippen molar-refractivity contribution < 1.29 is 130 Å². The molecule has 9 aromatic carbocycles. The Bertz CT molecular complexity index is 5700. The molecule has 30 nitrogen and oxygen atoms in total. The van der Waals surface area contributed by atoms with Gasteiger partial charge in [0.25, 0.3) is 0 Å². The molecular formula is C103H127IO30. The number of aldehydes is 1. The number of ether oxygens (including phenoxy) is 14. The molecule has 0 aliphatic carbocycles. The summed E-state index contributed by atoms with van der Waals surface area (Å²) >= 11 is 2.41. The predicted octanol–water partition coefficient (Wildman–Crippen LogP) is 18.5. The molecule has 726 valence electrons. The number of alkyl halides is 1. The van der Waals surface area contributed by atoms with E-state index in [1.807, 2.05) is 50.2 Å². The number of aryl methyl sites for hydroxylation is 3. The Morgan fingerprint density at radius 1 is 0.418 bits per heavy atom. The molecular weight excluding hydrogens is 1840 g/mol. The van der Waals surface area contributed by atoms with Crippen LogP contribution in [0.15, 0.2) is 215 Å². The number of phenols is 6. The van der Waals surface area contributed by atoms with Gasteiger partial charge in [0.2, 0.25) is 0 Å². The minimum absolute atomic E-state index is 0.0562.